The SMILES string of the molecule is CCn1c(=O)[nH]c(=O)c2c(C(=O)N3CCCC(C4OCCO4)C3)cc(C3CC3)nc21. The van der Waals surface area contributed by atoms with Crippen molar-refractivity contribution in [2.45, 2.75) is 51.4 Å². The number of hydrogen-bond donors (Lipinski definition) is 1. The van der Waals surface area contributed by atoms with E-state index in [1.807, 2.05) is 6.92 Å². The van der Waals surface area contributed by atoms with Gasteiger partial charge in [0.05, 0.1) is 24.2 Å². The molecule has 2 saturated heterocycles. The summed E-state index contributed by atoms with van der Waals surface area (Å²) in [4.78, 5) is 47.4. The first kappa shape index (κ1) is 19.4. The number of nitrogens with one attached hydrogen (secondary N) is 1. The third-order valence-electron chi connectivity index (χ3n) is 6.29. The molecule has 0 spiro atoms. The lowest BCUT2D eigenvalue weighted by Crippen LogP contribution is -2.44. The number of fused-ring (bicyclic) bond motifs is 1. The summed E-state index contributed by atoms with van der Waals surface area (Å²) in [6, 6.07) is 1.76. The molecule has 1 amide bonds. The normalized spacial score (nSPS) is 22.7. The van der Waals surface area contributed by atoms with Crippen LogP contribution in [-0.4, -0.2) is 57.9 Å². The smallest absolute Gasteiger partial charge is 0.329 e. The van der Waals surface area contributed by atoms with Crippen LogP contribution in [0, 0.1) is 5.92 Å². The van der Waals surface area contributed by atoms with Crippen LogP contribution in [0.4, 0.5) is 0 Å². The van der Waals surface area contributed by atoms with Gasteiger partial charge in [0.15, 0.2) is 11.9 Å². The van der Waals surface area contributed by atoms with Crippen LogP contribution in [0.2, 0.25) is 0 Å². The number of likely N-dealkylation sites (tertiary alicyclic amines) is 1. The van der Waals surface area contributed by atoms with E-state index in [9.17, 15) is 14.4 Å². The van der Waals surface area contributed by atoms with E-state index in [4.69, 9.17) is 9.47 Å². The summed E-state index contributed by atoms with van der Waals surface area (Å²) in [7, 11) is 0. The van der Waals surface area contributed by atoms with Crippen molar-refractivity contribution < 1.29 is 14.3 Å². The fourth-order valence-electron chi connectivity index (χ4n) is 4.58. The first-order valence-electron chi connectivity index (χ1n) is 10.8. The van der Waals surface area contributed by atoms with E-state index in [0.717, 1.165) is 31.4 Å². The number of carbonyl (C=O) groups is 1. The predicted molar refractivity (Wildman–Crippen MR) is 109 cm³/mol. The lowest BCUT2D eigenvalue weighted by Gasteiger charge is -2.35. The molecule has 2 aliphatic heterocycles. The van der Waals surface area contributed by atoms with Gasteiger partial charge in [0.2, 0.25) is 0 Å². The number of pyridine rings is 1. The molecule has 1 aliphatic carbocycles. The molecule has 5 rings (SSSR count). The van der Waals surface area contributed by atoms with Crippen LogP contribution in [0.15, 0.2) is 15.7 Å². The zero-order chi connectivity index (χ0) is 20.8. The van der Waals surface area contributed by atoms with E-state index in [2.05, 4.69) is 9.97 Å². The molecule has 3 fully saturated rings. The summed E-state index contributed by atoms with van der Waals surface area (Å²) in [5, 5.41) is 0.196. The molecule has 1 saturated carbocycles. The minimum absolute atomic E-state index is 0.119. The Balaban J connectivity index is 1.58. The van der Waals surface area contributed by atoms with Crippen molar-refractivity contribution in [2.75, 3.05) is 26.3 Å². The van der Waals surface area contributed by atoms with Gasteiger partial charge in [-0.3, -0.25) is 19.1 Å². The van der Waals surface area contributed by atoms with Gasteiger partial charge in [0.1, 0.15) is 0 Å². The molecule has 9 nitrogen and oxygen atoms in total. The first-order chi connectivity index (χ1) is 14.6. The molecule has 3 aliphatic rings. The quantitative estimate of drug-likeness (QED) is 0.806. The summed E-state index contributed by atoms with van der Waals surface area (Å²) in [6.07, 6.45) is 3.54. The van der Waals surface area contributed by atoms with Crippen molar-refractivity contribution in [2.24, 2.45) is 5.92 Å². The number of aryl methyl sites for hydroxylation is 1. The Hall–Kier alpha value is -2.52. The van der Waals surface area contributed by atoms with Crippen LogP contribution >= 0.6 is 0 Å². The van der Waals surface area contributed by atoms with Gasteiger partial charge >= 0.3 is 5.69 Å². The van der Waals surface area contributed by atoms with Gasteiger partial charge in [-0.1, -0.05) is 0 Å². The maximum Gasteiger partial charge on any atom is 0.329 e. The molecule has 2 aromatic rings. The van der Waals surface area contributed by atoms with Crippen LogP contribution < -0.4 is 11.2 Å². The number of nitrogens with zero attached hydrogens (tertiary/aromatic N) is 3. The Bertz CT molecular complexity index is 1100. The molecular formula is C21H26N4O5. The number of piperidine rings is 1. The lowest BCUT2D eigenvalue weighted by atomic mass is 9.96. The summed E-state index contributed by atoms with van der Waals surface area (Å²) in [6.45, 7) is 4.50. The Morgan fingerprint density at radius 3 is 2.70 bits per heavy atom. The van der Waals surface area contributed by atoms with Gasteiger partial charge in [-0.15, -0.1) is 0 Å². The highest BCUT2D eigenvalue weighted by Crippen LogP contribution is 2.40. The number of amides is 1. The summed E-state index contributed by atoms with van der Waals surface area (Å²) < 4.78 is 12.7. The van der Waals surface area contributed by atoms with Crippen molar-refractivity contribution in [1.82, 2.24) is 19.4 Å². The summed E-state index contributed by atoms with van der Waals surface area (Å²) in [5.41, 5.74) is 0.361. The second kappa shape index (κ2) is 7.63. The fraction of sp³-hybridized carbons (Fsp3) is 0.619. The van der Waals surface area contributed by atoms with E-state index >= 15 is 0 Å². The molecule has 160 valence electrons. The molecule has 1 N–H and O–H groups in total. The van der Waals surface area contributed by atoms with E-state index in [0.29, 0.717) is 44.1 Å². The highest BCUT2D eigenvalue weighted by atomic mass is 16.7. The van der Waals surface area contributed by atoms with Crippen LogP contribution in [0.3, 0.4) is 0 Å². The minimum atomic E-state index is -0.561. The lowest BCUT2D eigenvalue weighted by molar-refractivity contribution is -0.0969. The zero-order valence-electron chi connectivity index (χ0n) is 17.1. The van der Waals surface area contributed by atoms with Crippen molar-refractivity contribution in [3.8, 4) is 0 Å². The average molecular weight is 414 g/mol. The van der Waals surface area contributed by atoms with E-state index in [-0.39, 0.29) is 29.4 Å². The fourth-order valence-corrected chi connectivity index (χ4v) is 4.58. The number of H-pyrrole nitrogens is 1. The summed E-state index contributed by atoms with van der Waals surface area (Å²) >= 11 is 0. The van der Waals surface area contributed by atoms with Gasteiger partial charge in [-0.05, 0) is 38.7 Å². The monoisotopic (exact) mass is 414 g/mol. The van der Waals surface area contributed by atoms with Gasteiger partial charge < -0.3 is 14.4 Å². The third-order valence-corrected chi connectivity index (χ3v) is 6.29. The minimum Gasteiger partial charge on any atom is -0.350 e. The molecular weight excluding hydrogens is 388 g/mol. The zero-order valence-corrected chi connectivity index (χ0v) is 17.1. The highest BCUT2D eigenvalue weighted by molar-refractivity contribution is 6.05. The van der Waals surface area contributed by atoms with Crippen molar-refractivity contribution >= 4 is 16.9 Å². The Morgan fingerprint density at radius 1 is 1.23 bits per heavy atom. The van der Waals surface area contributed by atoms with E-state index in [1.165, 1.54) is 4.57 Å². The van der Waals surface area contributed by atoms with Gasteiger partial charge in [-0.2, -0.15) is 0 Å². The maximum absolute atomic E-state index is 13.6. The van der Waals surface area contributed by atoms with Crippen molar-refractivity contribution in [1.29, 1.82) is 0 Å². The van der Waals surface area contributed by atoms with Gasteiger partial charge in [0, 0.05) is 37.2 Å². The molecule has 0 radical (unpaired) electrons. The topological polar surface area (TPSA) is 107 Å². The molecule has 2 aromatic heterocycles. The second-order valence-electron chi connectivity index (χ2n) is 8.33. The standard InChI is InChI=1S/C21H26N4O5/c1-2-25-17-16(18(26)23-21(25)28)14(10-15(22-17)12-5-6-12)19(27)24-7-3-4-13(11-24)20-29-8-9-30-20/h10,12-13,20H,2-9,11H2,1H3,(H,23,26,28). The largest absolute Gasteiger partial charge is 0.350 e. The number of carbonyl (C=O) groups excluding carboxylic acids is 1. The van der Waals surface area contributed by atoms with E-state index in [1.54, 1.807) is 11.0 Å². The molecule has 1 atom stereocenters. The Morgan fingerprint density at radius 2 is 2.00 bits per heavy atom. The highest BCUT2D eigenvalue weighted by Gasteiger charge is 2.35. The van der Waals surface area contributed by atoms with E-state index < -0.39 is 11.2 Å². The summed E-state index contributed by atoms with van der Waals surface area (Å²) in [5.74, 6) is 0.210. The van der Waals surface area contributed by atoms with Gasteiger partial charge in [-0.25, -0.2) is 9.78 Å². The van der Waals surface area contributed by atoms with Crippen LogP contribution in [0.5, 0.6) is 0 Å². The Kier molecular flexibility index (Phi) is 4.94. The van der Waals surface area contributed by atoms with Crippen LogP contribution in [0.1, 0.15) is 54.6 Å². The molecule has 4 heterocycles. The molecule has 30 heavy (non-hydrogen) atoms. The third kappa shape index (κ3) is 3.35. The molecule has 0 aromatic carbocycles. The number of hydrogen-bond acceptors (Lipinski definition) is 6. The number of ether oxygens (including phenoxy) is 2. The molecule has 9 heteroatoms. The number of rotatable bonds is 4. The first-order valence-corrected chi connectivity index (χ1v) is 10.8. The number of aromatic nitrogens is 3. The number of aromatic amines is 1. The maximum atomic E-state index is 13.6. The second-order valence-corrected chi connectivity index (χ2v) is 8.33. The Labute approximate surface area is 173 Å². The molecule has 1 unspecified atom stereocenters. The van der Waals surface area contributed by atoms with Crippen LogP contribution in [-0.2, 0) is 16.0 Å². The van der Waals surface area contributed by atoms with Gasteiger partial charge in [0.25, 0.3) is 11.5 Å². The molecule has 0 bridgehead atoms. The predicted octanol–water partition coefficient (Wildman–Crippen LogP) is 1.21. The van der Waals surface area contributed by atoms with Crippen LogP contribution in [0.25, 0.3) is 11.0 Å². The van der Waals surface area contributed by atoms with Crippen molar-refractivity contribution in [3.63, 3.8) is 0 Å². The average Bonchev–Trinajstić information content (AvgIpc) is 3.46. The van der Waals surface area contributed by atoms with Crippen molar-refractivity contribution in [3.05, 3.63) is 38.2 Å².